The van der Waals surface area contributed by atoms with Crippen LogP contribution in [0.4, 0.5) is 11.6 Å². The fourth-order valence-electron chi connectivity index (χ4n) is 3.53. The number of fused-ring (bicyclic) bond motifs is 2. The number of nitrogens with zero attached hydrogens (tertiary/aromatic N) is 6. The molecule has 0 amide bonds. The van der Waals surface area contributed by atoms with Gasteiger partial charge in [-0.1, -0.05) is 0 Å². The topological polar surface area (TPSA) is 206 Å². The number of nitrogens with one attached hydrogen (secondary N) is 4. The predicted molar refractivity (Wildman–Crippen MR) is 137 cm³/mol. The van der Waals surface area contributed by atoms with E-state index in [1.807, 2.05) is 6.07 Å². The maximum absolute atomic E-state index is 11.5. The summed E-state index contributed by atoms with van der Waals surface area (Å²) in [6.45, 7) is 2.81. The Hall–Kier alpha value is -5.31. The zero-order valence-electron chi connectivity index (χ0n) is 20.7. The van der Waals surface area contributed by atoms with E-state index in [0.29, 0.717) is 54.1 Å². The molecule has 0 aliphatic carbocycles. The van der Waals surface area contributed by atoms with Crippen LogP contribution >= 0.6 is 0 Å². The summed E-state index contributed by atoms with van der Waals surface area (Å²) in [6.07, 6.45) is 6.00. The number of carbonyl (C=O) groups excluding carboxylic acids is 1. The van der Waals surface area contributed by atoms with Crippen LogP contribution in [-0.4, -0.2) is 57.6 Å². The highest BCUT2D eigenvalue weighted by Crippen LogP contribution is 2.18. The summed E-state index contributed by atoms with van der Waals surface area (Å²) in [5.41, 5.74) is 2.67. The number of imidazole rings is 2. The maximum Gasteiger partial charge on any atom is 0.374 e. The highest BCUT2D eigenvalue weighted by molar-refractivity contribution is 5.86. The van der Waals surface area contributed by atoms with Crippen molar-refractivity contribution in [3.8, 4) is 0 Å². The highest BCUT2D eigenvalue weighted by Gasteiger charge is 2.13. The minimum atomic E-state index is -0.471. The smallest absolute Gasteiger partial charge is 0.374 e. The predicted octanol–water partition coefficient (Wildman–Crippen LogP) is 2.79. The van der Waals surface area contributed by atoms with Gasteiger partial charge in [0.1, 0.15) is 47.6 Å². The zero-order chi connectivity index (χ0) is 27.0. The third-order valence-corrected chi connectivity index (χ3v) is 5.32. The molecule has 0 saturated heterocycles. The van der Waals surface area contributed by atoms with Crippen molar-refractivity contribution in [2.24, 2.45) is 0 Å². The van der Waals surface area contributed by atoms with Gasteiger partial charge in [-0.25, -0.2) is 34.7 Å². The van der Waals surface area contributed by atoms with Crippen molar-refractivity contribution < 1.29 is 23.5 Å². The van der Waals surface area contributed by atoms with E-state index in [9.17, 15) is 4.79 Å². The van der Waals surface area contributed by atoms with Gasteiger partial charge in [0.25, 0.3) is 0 Å². The van der Waals surface area contributed by atoms with Crippen molar-refractivity contribution in [1.82, 2.24) is 39.9 Å². The number of rotatable bonds is 9. The van der Waals surface area contributed by atoms with Gasteiger partial charge in [-0.15, -0.1) is 0 Å². The van der Waals surface area contributed by atoms with Gasteiger partial charge >= 0.3 is 5.97 Å². The van der Waals surface area contributed by atoms with Crippen molar-refractivity contribution in [3.05, 3.63) is 72.6 Å². The van der Waals surface area contributed by atoms with Crippen LogP contribution in [0.5, 0.6) is 0 Å². The van der Waals surface area contributed by atoms with Crippen LogP contribution in [0.3, 0.4) is 0 Å². The van der Waals surface area contributed by atoms with E-state index < -0.39 is 5.97 Å². The van der Waals surface area contributed by atoms with E-state index in [4.69, 9.17) is 18.7 Å². The monoisotopic (exact) mass is 532 g/mol. The molecule has 5 N–H and O–H groups in total. The second-order valence-corrected chi connectivity index (χ2v) is 7.87. The summed E-state index contributed by atoms with van der Waals surface area (Å²) in [7, 11) is 0. The van der Waals surface area contributed by atoms with E-state index in [2.05, 4.69) is 50.5 Å². The van der Waals surface area contributed by atoms with Gasteiger partial charge in [-0.05, 0) is 31.2 Å². The van der Waals surface area contributed by atoms with Crippen molar-refractivity contribution in [2.45, 2.75) is 26.6 Å². The molecule has 6 rings (SSSR count). The van der Waals surface area contributed by atoms with Crippen LogP contribution in [-0.2, 0) is 24.4 Å². The van der Waals surface area contributed by atoms with E-state index >= 15 is 0 Å². The Kier molecular flexibility index (Phi) is 7.68. The molecule has 6 heterocycles. The number of aliphatic hydroxyl groups excluding tert-OH is 1. The van der Waals surface area contributed by atoms with E-state index in [1.165, 1.54) is 12.7 Å². The normalized spacial score (nSPS) is 10.8. The van der Waals surface area contributed by atoms with Crippen LogP contribution in [0.1, 0.15) is 34.8 Å². The first-order valence-electron chi connectivity index (χ1n) is 11.8. The number of hydrogen-bond acceptors (Lipinski definition) is 13. The molecular weight excluding hydrogens is 508 g/mol. The summed E-state index contributed by atoms with van der Waals surface area (Å²) in [6, 6.07) is 6.85. The average molecular weight is 533 g/mol. The first-order valence-corrected chi connectivity index (χ1v) is 11.8. The Labute approximate surface area is 220 Å². The Morgan fingerprint density at radius 3 is 1.95 bits per heavy atom. The Balaban J connectivity index is 0.000000160. The Morgan fingerprint density at radius 1 is 0.821 bits per heavy atom. The molecule has 0 unspecified atom stereocenters. The summed E-state index contributed by atoms with van der Waals surface area (Å²) in [4.78, 5) is 41.9. The summed E-state index contributed by atoms with van der Waals surface area (Å²) >= 11 is 0. The second-order valence-electron chi connectivity index (χ2n) is 7.87. The highest BCUT2D eigenvalue weighted by atomic mass is 16.5. The summed E-state index contributed by atoms with van der Waals surface area (Å²) < 4.78 is 15.6. The number of aromatic nitrogens is 8. The van der Waals surface area contributed by atoms with Gasteiger partial charge in [0.2, 0.25) is 5.76 Å². The van der Waals surface area contributed by atoms with Crippen molar-refractivity contribution in [1.29, 1.82) is 0 Å². The van der Waals surface area contributed by atoms with Gasteiger partial charge < -0.3 is 39.3 Å². The number of ether oxygens (including phenoxy) is 1. The molecule has 6 aromatic heterocycles. The molecule has 15 nitrogen and oxygen atoms in total. The van der Waals surface area contributed by atoms with Gasteiger partial charge in [-0.2, -0.15) is 0 Å². The lowest BCUT2D eigenvalue weighted by Crippen LogP contribution is -2.03. The number of aromatic amines is 2. The molecular formula is C24H24N10O5. The molecule has 0 aliphatic heterocycles. The average Bonchev–Trinajstić information content (AvgIpc) is 3.78. The molecule has 0 saturated carbocycles. The third-order valence-electron chi connectivity index (χ3n) is 5.32. The largest absolute Gasteiger partial charge is 0.462 e. The van der Waals surface area contributed by atoms with Gasteiger partial charge in [0, 0.05) is 0 Å². The quantitative estimate of drug-likeness (QED) is 0.170. The van der Waals surface area contributed by atoms with Crippen LogP contribution in [0.15, 0.2) is 58.4 Å². The Bertz CT molecular complexity index is 1670. The number of hydrogen-bond donors (Lipinski definition) is 5. The van der Waals surface area contributed by atoms with Crippen LogP contribution in [0.2, 0.25) is 0 Å². The van der Waals surface area contributed by atoms with E-state index in [-0.39, 0.29) is 12.4 Å². The van der Waals surface area contributed by atoms with Crippen molar-refractivity contribution in [3.63, 3.8) is 0 Å². The molecule has 0 atom stereocenters. The minimum absolute atomic E-state index is 0.0989. The molecule has 200 valence electrons. The fraction of sp³-hybridized carbons (Fsp3) is 0.208. The fourth-order valence-corrected chi connectivity index (χ4v) is 3.53. The van der Waals surface area contributed by atoms with E-state index in [1.54, 1.807) is 37.8 Å². The molecule has 0 spiro atoms. The van der Waals surface area contributed by atoms with E-state index in [0.717, 1.165) is 16.8 Å². The van der Waals surface area contributed by atoms with Crippen molar-refractivity contribution >= 4 is 39.9 Å². The lowest BCUT2D eigenvalue weighted by molar-refractivity contribution is 0.0488. The number of esters is 1. The van der Waals surface area contributed by atoms with Gasteiger partial charge in [-0.3, -0.25) is 0 Å². The lowest BCUT2D eigenvalue weighted by Gasteiger charge is -2.03. The molecule has 0 aliphatic rings. The molecule has 0 aromatic carbocycles. The molecule has 0 bridgehead atoms. The third kappa shape index (κ3) is 5.99. The number of anilines is 2. The minimum Gasteiger partial charge on any atom is -0.462 e. The maximum atomic E-state index is 11.5. The first-order chi connectivity index (χ1) is 19.1. The SMILES string of the molecule is CCOC(=O)c1ccc(CNc2ncnc3nc[nH]c23)o1.OCc1ccc(CNc2ncnc3nc[nH]c23)o1. The Morgan fingerprint density at radius 2 is 1.38 bits per heavy atom. The first kappa shape index (κ1) is 25.3. The summed E-state index contributed by atoms with van der Waals surface area (Å²) in [5.74, 6) is 2.87. The molecule has 0 radical (unpaired) electrons. The molecule has 15 heteroatoms. The zero-order valence-corrected chi connectivity index (χ0v) is 20.7. The van der Waals surface area contributed by atoms with Gasteiger partial charge in [0.15, 0.2) is 22.9 Å². The second kappa shape index (κ2) is 11.8. The van der Waals surface area contributed by atoms with Crippen LogP contribution in [0.25, 0.3) is 22.3 Å². The summed E-state index contributed by atoms with van der Waals surface area (Å²) in [5, 5.41) is 15.1. The number of H-pyrrole nitrogens is 2. The molecule has 39 heavy (non-hydrogen) atoms. The number of aliphatic hydroxyl groups is 1. The standard InChI is InChI=1S/C13H13N5O3.C11H11N5O2/c1-2-20-13(19)9-4-3-8(21-9)5-14-11-10-12(16-6-15-10)18-7-17-11;17-4-8-2-1-7(18-8)3-12-10-9-11(14-5-13-9)16-6-15-10/h3-4,6-7H,2,5H2,1H3,(H2,14,15,16,17,18);1-2,5-6,17H,3-4H2,(H2,12,13,14,15,16). The van der Waals surface area contributed by atoms with Crippen LogP contribution in [0, 0.1) is 0 Å². The lowest BCUT2D eigenvalue weighted by atomic mass is 10.4. The number of furan rings is 2. The van der Waals surface area contributed by atoms with Crippen LogP contribution < -0.4 is 10.6 Å². The molecule has 0 fully saturated rings. The van der Waals surface area contributed by atoms with Gasteiger partial charge in [0.05, 0.1) is 32.4 Å². The molecule has 6 aromatic rings. The number of carbonyl (C=O) groups is 1. The van der Waals surface area contributed by atoms with Crippen molar-refractivity contribution in [2.75, 3.05) is 17.2 Å².